The summed E-state index contributed by atoms with van der Waals surface area (Å²) < 4.78 is 22.6. The normalized spacial score (nSPS) is 20.6. The molecule has 2 N–H and O–H groups in total. The summed E-state index contributed by atoms with van der Waals surface area (Å²) in [7, 11) is -2.99. The van der Waals surface area contributed by atoms with Gasteiger partial charge in [0.25, 0.3) is 5.91 Å². The van der Waals surface area contributed by atoms with Crippen molar-refractivity contribution in [2.75, 3.05) is 18.1 Å². The van der Waals surface area contributed by atoms with Gasteiger partial charge in [0, 0.05) is 11.4 Å². The third-order valence-electron chi connectivity index (χ3n) is 2.72. The molecule has 0 bridgehead atoms. The summed E-state index contributed by atoms with van der Waals surface area (Å²) in [6.45, 7) is -0.223. The van der Waals surface area contributed by atoms with Gasteiger partial charge in [0.05, 0.1) is 21.9 Å². The number of sulfone groups is 1. The van der Waals surface area contributed by atoms with Crippen LogP contribution in [0.4, 0.5) is 0 Å². The van der Waals surface area contributed by atoms with Crippen LogP contribution < -0.4 is 5.32 Å². The lowest BCUT2D eigenvalue weighted by Crippen LogP contribution is -2.35. The minimum absolute atomic E-state index is 0.0139. The molecule has 0 spiro atoms. The first kappa shape index (κ1) is 14.1. The second kappa shape index (κ2) is 5.74. The molecule has 1 fully saturated rings. The average Bonchev–Trinajstić information content (AvgIpc) is 2.93. The van der Waals surface area contributed by atoms with Gasteiger partial charge in [-0.2, -0.15) is 0 Å². The molecule has 1 unspecified atom stereocenters. The standard InChI is InChI=1S/C12H13NO4S2/c14-4-1-2-11-6-9(7-18-11)12(15)13-10-3-5-19(16,17)8-10/h6-7,10,14H,3-5,8H2,(H,13,15). The van der Waals surface area contributed by atoms with Gasteiger partial charge in [0.15, 0.2) is 9.84 Å². The summed E-state index contributed by atoms with van der Waals surface area (Å²) in [6, 6.07) is 1.33. The lowest BCUT2D eigenvalue weighted by atomic mass is 10.2. The van der Waals surface area contributed by atoms with Crippen LogP contribution in [-0.4, -0.2) is 43.6 Å². The predicted molar refractivity (Wildman–Crippen MR) is 72.8 cm³/mol. The van der Waals surface area contributed by atoms with E-state index in [-0.39, 0.29) is 30.1 Å². The van der Waals surface area contributed by atoms with Crippen molar-refractivity contribution < 1.29 is 18.3 Å². The highest BCUT2D eigenvalue weighted by Gasteiger charge is 2.29. The van der Waals surface area contributed by atoms with Gasteiger partial charge in [-0.05, 0) is 12.5 Å². The summed E-state index contributed by atoms with van der Waals surface area (Å²) in [5.41, 5.74) is 0.469. The quantitative estimate of drug-likeness (QED) is 0.754. The molecule has 0 aliphatic carbocycles. The van der Waals surface area contributed by atoms with Crippen LogP contribution >= 0.6 is 11.3 Å². The molecule has 0 saturated carbocycles. The van der Waals surface area contributed by atoms with E-state index in [0.29, 0.717) is 16.9 Å². The van der Waals surface area contributed by atoms with Crippen molar-refractivity contribution in [2.45, 2.75) is 12.5 Å². The number of rotatable bonds is 2. The van der Waals surface area contributed by atoms with Gasteiger partial charge in [-0.1, -0.05) is 11.8 Å². The number of amides is 1. The van der Waals surface area contributed by atoms with Gasteiger partial charge in [0.2, 0.25) is 0 Å². The van der Waals surface area contributed by atoms with Crippen LogP contribution in [0.2, 0.25) is 0 Å². The van der Waals surface area contributed by atoms with E-state index in [1.807, 2.05) is 0 Å². The summed E-state index contributed by atoms with van der Waals surface area (Å²) in [4.78, 5) is 12.6. The van der Waals surface area contributed by atoms with Gasteiger partial charge < -0.3 is 10.4 Å². The largest absolute Gasteiger partial charge is 0.384 e. The predicted octanol–water partition coefficient (Wildman–Crippen LogP) is 0.00880. The zero-order valence-electron chi connectivity index (χ0n) is 10.0. The van der Waals surface area contributed by atoms with Gasteiger partial charge in [-0.25, -0.2) is 8.42 Å². The smallest absolute Gasteiger partial charge is 0.252 e. The molecule has 0 aromatic carbocycles. The lowest BCUT2D eigenvalue weighted by molar-refractivity contribution is 0.0941. The Morgan fingerprint density at radius 1 is 1.58 bits per heavy atom. The molecule has 1 saturated heterocycles. The van der Waals surface area contributed by atoms with E-state index in [2.05, 4.69) is 17.2 Å². The van der Waals surface area contributed by atoms with E-state index in [1.165, 1.54) is 11.3 Å². The molecule has 2 rings (SSSR count). The summed E-state index contributed by atoms with van der Waals surface area (Å²) in [5.74, 6) is 5.09. The zero-order chi connectivity index (χ0) is 13.9. The third-order valence-corrected chi connectivity index (χ3v) is 5.33. The molecule has 1 aliphatic rings. The molecule has 0 radical (unpaired) electrons. The maximum absolute atomic E-state index is 11.9. The molecule has 1 aromatic heterocycles. The third kappa shape index (κ3) is 3.80. The number of carbonyl (C=O) groups excluding carboxylic acids is 1. The zero-order valence-corrected chi connectivity index (χ0v) is 11.7. The van der Waals surface area contributed by atoms with Gasteiger partial charge in [-0.3, -0.25) is 4.79 Å². The van der Waals surface area contributed by atoms with Crippen molar-refractivity contribution >= 4 is 27.1 Å². The number of thiophene rings is 1. The number of hydrogen-bond acceptors (Lipinski definition) is 5. The molecule has 5 nitrogen and oxygen atoms in total. The molecule has 1 aromatic rings. The Bertz CT molecular complexity index is 636. The van der Waals surface area contributed by atoms with Crippen LogP contribution in [0.25, 0.3) is 0 Å². The van der Waals surface area contributed by atoms with Crippen LogP contribution in [-0.2, 0) is 9.84 Å². The van der Waals surface area contributed by atoms with Crippen LogP contribution in [0.15, 0.2) is 11.4 Å². The first-order valence-corrected chi connectivity index (χ1v) is 8.40. The summed E-state index contributed by atoms with van der Waals surface area (Å²) in [5, 5.41) is 13.0. The molecule has 1 aliphatic heterocycles. The number of hydrogen-bond donors (Lipinski definition) is 2. The number of nitrogens with one attached hydrogen (secondary N) is 1. The van der Waals surface area contributed by atoms with Crippen LogP contribution in [0.5, 0.6) is 0 Å². The van der Waals surface area contributed by atoms with Crippen molar-refractivity contribution in [1.29, 1.82) is 0 Å². The molecule has 1 atom stereocenters. The number of carbonyl (C=O) groups is 1. The first-order chi connectivity index (χ1) is 9.00. The Balaban J connectivity index is 1.99. The molecular formula is C12H13NO4S2. The second-order valence-corrected chi connectivity index (χ2v) is 7.37. The van der Waals surface area contributed by atoms with Crippen molar-refractivity contribution in [3.05, 3.63) is 21.9 Å². The van der Waals surface area contributed by atoms with Crippen molar-refractivity contribution in [2.24, 2.45) is 0 Å². The van der Waals surface area contributed by atoms with E-state index in [1.54, 1.807) is 11.4 Å². The maximum atomic E-state index is 11.9. The van der Waals surface area contributed by atoms with Gasteiger partial charge in [0.1, 0.15) is 6.61 Å². The summed E-state index contributed by atoms with van der Waals surface area (Å²) in [6.07, 6.45) is 0.468. The van der Waals surface area contributed by atoms with Gasteiger partial charge >= 0.3 is 0 Å². The monoisotopic (exact) mass is 299 g/mol. The van der Waals surface area contributed by atoms with Crippen molar-refractivity contribution in [1.82, 2.24) is 5.32 Å². The summed E-state index contributed by atoms with van der Waals surface area (Å²) >= 11 is 1.31. The van der Waals surface area contributed by atoms with Crippen LogP contribution in [0.3, 0.4) is 0 Å². The Kier molecular flexibility index (Phi) is 4.24. The fourth-order valence-electron chi connectivity index (χ4n) is 1.83. The molecular weight excluding hydrogens is 286 g/mol. The number of aliphatic hydroxyl groups excluding tert-OH is 1. The number of aliphatic hydroxyl groups is 1. The van der Waals surface area contributed by atoms with Gasteiger partial charge in [-0.15, -0.1) is 11.3 Å². The highest BCUT2D eigenvalue weighted by Crippen LogP contribution is 2.16. The molecule has 2 heterocycles. The van der Waals surface area contributed by atoms with Crippen molar-refractivity contribution in [3.63, 3.8) is 0 Å². The highest BCUT2D eigenvalue weighted by atomic mass is 32.2. The second-order valence-electron chi connectivity index (χ2n) is 4.23. The van der Waals surface area contributed by atoms with E-state index >= 15 is 0 Å². The SMILES string of the molecule is O=C(NC1CCS(=O)(=O)C1)c1csc(C#CCO)c1. The Morgan fingerprint density at radius 2 is 2.37 bits per heavy atom. The fraction of sp³-hybridized carbons (Fsp3) is 0.417. The molecule has 1 amide bonds. The lowest BCUT2D eigenvalue weighted by Gasteiger charge is -2.09. The van der Waals surface area contributed by atoms with E-state index < -0.39 is 9.84 Å². The Labute approximate surface area is 115 Å². The van der Waals surface area contributed by atoms with E-state index in [9.17, 15) is 13.2 Å². The first-order valence-electron chi connectivity index (χ1n) is 5.70. The minimum atomic E-state index is -2.99. The topological polar surface area (TPSA) is 83.5 Å². The Morgan fingerprint density at radius 3 is 3.00 bits per heavy atom. The highest BCUT2D eigenvalue weighted by molar-refractivity contribution is 7.91. The van der Waals surface area contributed by atoms with E-state index in [0.717, 1.165) is 0 Å². The minimum Gasteiger partial charge on any atom is -0.384 e. The maximum Gasteiger partial charge on any atom is 0.252 e. The fourth-order valence-corrected chi connectivity index (χ4v) is 4.25. The van der Waals surface area contributed by atoms with Crippen LogP contribution in [0, 0.1) is 11.8 Å². The van der Waals surface area contributed by atoms with Crippen LogP contribution in [0.1, 0.15) is 21.7 Å². The average molecular weight is 299 g/mol. The molecule has 102 valence electrons. The van der Waals surface area contributed by atoms with E-state index in [4.69, 9.17) is 5.11 Å². The molecule has 19 heavy (non-hydrogen) atoms. The Hall–Kier alpha value is -1.36. The van der Waals surface area contributed by atoms with Crippen molar-refractivity contribution in [3.8, 4) is 11.8 Å². The molecule has 7 heteroatoms.